The van der Waals surface area contributed by atoms with E-state index < -0.39 is 23.9 Å². The minimum atomic E-state index is -0.856. The zero-order valence-corrected chi connectivity index (χ0v) is 88.5. The van der Waals surface area contributed by atoms with Crippen LogP contribution in [0.1, 0.15) is 431 Å². The summed E-state index contributed by atoms with van der Waals surface area (Å²) in [5, 5.41) is 0. The summed E-state index contributed by atoms with van der Waals surface area (Å²) < 4.78 is 71.5. The third kappa shape index (κ3) is 63.2. The topological polar surface area (TPSA) is 111 Å². The second-order valence-corrected chi connectivity index (χ2v) is 51.0. The van der Waals surface area contributed by atoms with Gasteiger partial charge in [0.25, 0.3) is 23.9 Å². The molecule has 0 N–H and O–H groups in total. The van der Waals surface area contributed by atoms with Crippen LogP contribution in [0.4, 0.5) is 0 Å². The van der Waals surface area contributed by atoms with Crippen LogP contribution < -0.4 is 0 Å². The van der Waals surface area contributed by atoms with E-state index in [1.165, 1.54) is 317 Å². The summed E-state index contributed by atoms with van der Waals surface area (Å²) in [7, 11) is 23.3. The van der Waals surface area contributed by atoms with Gasteiger partial charge in [-0.15, -0.1) is 0 Å². The zero-order valence-electron chi connectivity index (χ0n) is 79.5. The molecule has 119 heavy (non-hydrogen) atoms. The Balaban J connectivity index is 1.87. The third-order valence-corrected chi connectivity index (χ3v) is 41.8. The maximum absolute atomic E-state index is 5.98. The highest BCUT2D eigenvalue weighted by atomic mass is 33.7. The van der Waals surface area contributed by atoms with Crippen molar-refractivity contribution in [1.82, 2.24) is 0 Å². The van der Waals surface area contributed by atoms with Gasteiger partial charge in [-0.3, -0.25) is 0 Å². The van der Waals surface area contributed by atoms with Gasteiger partial charge in [0.1, 0.15) is 0 Å². The van der Waals surface area contributed by atoms with Crippen LogP contribution in [-0.4, -0.2) is 138 Å². The first-order valence-corrected chi connectivity index (χ1v) is 64.2. The fourth-order valence-corrected chi connectivity index (χ4v) is 35.0. The highest BCUT2D eigenvalue weighted by Crippen LogP contribution is 2.50. The molecule has 2 rings (SSSR count). The van der Waals surface area contributed by atoms with Crippen LogP contribution in [-0.2, 0) is 56.8 Å². The van der Waals surface area contributed by atoms with E-state index in [-0.39, 0.29) is 0 Å². The van der Waals surface area contributed by atoms with Gasteiger partial charge in [0.2, 0.25) is 0 Å². The molecule has 0 spiro atoms. The SMILES string of the molecule is CCOC(CCCCCCCCCCCC1CCC(CCSSSCCC2CCC(CCCCCCCCCCCC(OCC)(OCC)OCC)CC2CCSSSSCCC(C)CCCCCCCCCC(OCC)(OCC)OCC)C(CCSSSSCCC(C)CCCCCCCCCC(OCC)(OCC)OCC)C1)(OCC)OCC. The van der Waals surface area contributed by atoms with Gasteiger partial charge < -0.3 is 56.8 Å². The van der Waals surface area contributed by atoms with Gasteiger partial charge in [-0.1, -0.05) is 297 Å². The summed E-state index contributed by atoms with van der Waals surface area (Å²) in [6, 6.07) is 0. The molecule has 0 aromatic rings. The summed E-state index contributed by atoms with van der Waals surface area (Å²) in [6.07, 6.45) is 68.0. The van der Waals surface area contributed by atoms with E-state index in [9.17, 15) is 0 Å². The van der Waals surface area contributed by atoms with Crippen molar-refractivity contribution in [1.29, 1.82) is 0 Å². The quantitative estimate of drug-likeness (QED) is 0.0327. The van der Waals surface area contributed by atoms with Crippen molar-refractivity contribution in [3.63, 3.8) is 0 Å². The Morgan fingerprint density at radius 3 is 0.655 bits per heavy atom. The minimum absolute atomic E-state index is 0.607. The van der Waals surface area contributed by atoms with Gasteiger partial charge in [0.15, 0.2) is 0 Å². The monoisotopic (exact) mass is 1890 g/mol. The first-order chi connectivity index (χ1) is 58.3. The highest BCUT2D eigenvalue weighted by molar-refractivity contribution is 9.26. The molecule has 0 saturated heterocycles. The maximum atomic E-state index is 5.98. The van der Waals surface area contributed by atoms with Gasteiger partial charge in [-0.25, -0.2) is 0 Å². The molecule has 0 aromatic heterocycles. The van der Waals surface area contributed by atoms with E-state index >= 15 is 0 Å². The number of rotatable bonds is 94. The average Bonchev–Trinajstić information content (AvgIpc) is 0.871. The van der Waals surface area contributed by atoms with Gasteiger partial charge in [-0.2, -0.15) is 0 Å². The maximum Gasteiger partial charge on any atom is 0.282 e. The second kappa shape index (κ2) is 84.4. The molecule has 8 atom stereocenters. The molecule has 0 amide bonds. The highest BCUT2D eigenvalue weighted by Gasteiger charge is 2.37. The first kappa shape index (κ1) is 118. The lowest BCUT2D eigenvalue weighted by atomic mass is 9.70. The average molecular weight is 1890 g/mol. The number of unbranched alkanes of at least 4 members (excludes halogenated alkanes) is 28. The van der Waals surface area contributed by atoms with Gasteiger partial charge >= 0.3 is 0 Å². The molecule has 0 bridgehead atoms. The second-order valence-electron chi connectivity index (χ2n) is 34.0. The largest absolute Gasteiger partial charge is 0.328 e. The molecular formula is C96H190O12S11. The lowest BCUT2D eigenvalue weighted by Gasteiger charge is -2.37. The Hall–Kier alpha value is 3.37. The van der Waals surface area contributed by atoms with Crippen LogP contribution in [0.25, 0.3) is 0 Å². The Morgan fingerprint density at radius 2 is 0.412 bits per heavy atom. The van der Waals surface area contributed by atoms with E-state index in [1.807, 2.05) is 83.1 Å². The molecule has 0 radical (unpaired) electrons. The van der Waals surface area contributed by atoms with Crippen molar-refractivity contribution in [3.8, 4) is 0 Å². The molecule has 0 heterocycles. The Kier molecular flexibility index (Phi) is 84.0. The molecule has 12 nitrogen and oxygen atoms in total. The predicted molar refractivity (Wildman–Crippen MR) is 542 cm³/mol. The molecule has 0 aromatic carbocycles. The summed E-state index contributed by atoms with van der Waals surface area (Å²) in [6.45, 7) is 36.6. The number of hydrogen-bond acceptors (Lipinski definition) is 23. The first-order valence-electron chi connectivity index (χ1n) is 50.0. The molecule has 0 aliphatic heterocycles. The summed E-state index contributed by atoms with van der Waals surface area (Å²) >= 11 is 0. The molecule has 2 aliphatic rings. The minimum Gasteiger partial charge on any atom is -0.328 e. The van der Waals surface area contributed by atoms with Crippen LogP contribution in [0.15, 0.2) is 0 Å². The fourth-order valence-electron chi connectivity index (χ4n) is 18.2. The van der Waals surface area contributed by atoms with E-state index in [4.69, 9.17) is 56.8 Å². The van der Waals surface area contributed by atoms with E-state index in [1.54, 1.807) is 0 Å². The van der Waals surface area contributed by atoms with Crippen molar-refractivity contribution in [2.24, 2.45) is 47.3 Å². The Labute approximate surface area is 779 Å². The molecule has 712 valence electrons. The van der Waals surface area contributed by atoms with Crippen LogP contribution in [0.3, 0.4) is 0 Å². The van der Waals surface area contributed by atoms with E-state index in [2.05, 4.69) is 128 Å². The smallest absolute Gasteiger partial charge is 0.282 e. The normalized spacial score (nSPS) is 18.3. The number of hydrogen-bond donors (Lipinski definition) is 0. The standard InChI is InChI=1S/C96H190O12S11/c1-15-97-93(98-16-2,99-17-3)73-55-47-39-31-27-29-37-45-53-61-87-63-65-89(91(83-87)71-81-113-118-116-111-77-67-85(13)59-51-43-35-33-41-49-57-75-95(103-21-7,104-22-8)105-23-9)69-79-109-115-110-80-70-90-66-64-88(62-54-46-38-30-28-32-40-48-56-74-94(100-18-4,101-19-5)102-20-6)84-92(90)72-82-114-119-117-112-78-68-86(14)60-52-44-36-34-42-50-58-76-96(106-24-10,107-25-11)108-26-12/h85-92H,15-84H2,1-14H3. The third-order valence-electron chi connectivity index (χ3n) is 24.4. The number of ether oxygens (including phenoxy) is 12. The molecule has 2 aliphatic carbocycles. The van der Waals surface area contributed by atoms with Gasteiger partial charge in [-0.05, 0) is 269 Å². The Bertz CT molecular complexity index is 1900. The molecule has 2 saturated carbocycles. The fraction of sp³-hybridized carbons (Fsp3) is 1.00. The van der Waals surface area contributed by atoms with E-state index in [0.29, 0.717) is 79.3 Å². The van der Waals surface area contributed by atoms with Crippen molar-refractivity contribution in [3.05, 3.63) is 0 Å². The van der Waals surface area contributed by atoms with E-state index in [0.717, 1.165) is 98.7 Å². The van der Waals surface area contributed by atoms with Crippen molar-refractivity contribution < 1.29 is 56.8 Å². The summed E-state index contributed by atoms with van der Waals surface area (Å²) in [4.78, 5) is 0. The predicted octanol–water partition coefficient (Wildman–Crippen LogP) is 34.7. The van der Waals surface area contributed by atoms with Gasteiger partial charge in [0.05, 0.1) is 0 Å². The Morgan fingerprint density at radius 1 is 0.210 bits per heavy atom. The van der Waals surface area contributed by atoms with Crippen LogP contribution in [0.5, 0.6) is 0 Å². The van der Waals surface area contributed by atoms with Crippen molar-refractivity contribution in [2.45, 2.75) is 455 Å². The molecule has 2 fully saturated rings. The van der Waals surface area contributed by atoms with Crippen LogP contribution >= 0.6 is 114 Å². The van der Waals surface area contributed by atoms with Gasteiger partial charge in [0, 0.05) is 139 Å². The summed E-state index contributed by atoms with van der Waals surface area (Å²) in [5.41, 5.74) is 0. The molecular weight excluding hydrogens is 1700 g/mol. The summed E-state index contributed by atoms with van der Waals surface area (Å²) in [5.74, 6) is 11.5. The van der Waals surface area contributed by atoms with Crippen molar-refractivity contribution in [2.75, 3.05) is 114 Å². The zero-order chi connectivity index (χ0) is 86.4. The molecule has 8 unspecified atom stereocenters. The van der Waals surface area contributed by atoms with Crippen LogP contribution in [0.2, 0.25) is 0 Å². The van der Waals surface area contributed by atoms with Crippen LogP contribution in [0, 0.1) is 47.3 Å². The van der Waals surface area contributed by atoms with Crippen molar-refractivity contribution >= 4 is 114 Å². The molecule has 23 heteroatoms. The lowest BCUT2D eigenvalue weighted by Crippen LogP contribution is -2.39. The lowest BCUT2D eigenvalue weighted by molar-refractivity contribution is -0.380.